The summed E-state index contributed by atoms with van der Waals surface area (Å²) >= 11 is 5.79. The molecule has 1 aliphatic rings. The number of amides is 2. The highest BCUT2D eigenvalue weighted by Crippen LogP contribution is 2.18. The molecule has 1 aromatic rings. The van der Waals surface area contributed by atoms with Gasteiger partial charge in [0.15, 0.2) is 0 Å². The van der Waals surface area contributed by atoms with Crippen LogP contribution in [0.4, 0.5) is 0 Å². The molecule has 0 aromatic heterocycles. The van der Waals surface area contributed by atoms with Crippen LogP contribution in [0.25, 0.3) is 0 Å². The van der Waals surface area contributed by atoms with Crippen molar-refractivity contribution in [2.24, 2.45) is 0 Å². The van der Waals surface area contributed by atoms with Crippen molar-refractivity contribution in [2.45, 2.75) is 32.0 Å². The number of hydrogen-bond acceptors (Lipinski definition) is 3. The Morgan fingerprint density at radius 1 is 1.40 bits per heavy atom. The molecule has 1 heterocycles. The van der Waals surface area contributed by atoms with E-state index in [0.29, 0.717) is 11.6 Å². The van der Waals surface area contributed by atoms with Crippen molar-refractivity contribution in [3.8, 4) is 0 Å². The van der Waals surface area contributed by atoms with E-state index in [1.807, 2.05) is 12.1 Å². The summed E-state index contributed by atoms with van der Waals surface area (Å²) in [5.41, 5.74) is 0.927. The van der Waals surface area contributed by atoms with E-state index in [0.717, 1.165) is 5.56 Å². The lowest BCUT2D eigenvalue weighted by atomic mass is 10.1. The fraction of sp³-hybridized carbons (Fsp3) is 0.429. The molecule has 5 nitrogen and oxygen atoms in total. The minimum atomic E-state index is -0.634. The zero-order valence-corrected chi connectivity index (χ0v) is 11.9. The molecular formula is C14H17ClN2O3. The van der Waals surface area contributed by atoms with Crippen LogP contribution in [0.1, 0.15) is 18.9 Å². The summed E-state index contributed by atoms with van der Waals surface area (Å²) in [6.07, 6.45) is -0.350. The predicted octanol–water partition coefficient (Wildman–Crippen LogP) is 0.938. The average molecular weight is 297 g/mol. The summed E-state index contributed by atoms with van der Waals surface area (Å²) < 4.78 is 0. The molecule has 2 amide bonds. The zero-order valence-electron chi connectivity index (χ0n) is 11.2. The quantitative estimate of drug-likeness (QED) is 0.872. The topological polar surface area (TPSA) is 69.6 Å². The summed E-state index contributed by atoms with van der Waals surface area (Å²) in [4.78, 5) is 24.9. The number of nitrogens with one attached hydrogen (secondary N) is 1. The number of likely N-dealkylation sites (tertiary alicyclic amines) is 1. The standard InChI is InChI=1S/C14H17ClN2O3/c1-9(18)17-8-12(19)6-13(17)14(20)16-7-10-2-4-11(15)5-3-10/h2-5,12-13,19H,6-8H2,1H3,(H,16,20). The molecule has 0 saturated carbocycles. The molecule has 2 unspecified atom stereocenters. The third-order valence-electron chi connectivity index (χ3n) is 3.37. The Hall–Kier alpha value is -1.59. The second kappa shape index (κ2) is 6.24. The first kappa shape index (κ1) is 14.8. The van der Waals surface area contributed by atoms with Crippen LogP contribution in [0.15, 0.2) is 24.3 Å². The largest absolute Gasteiger partial charge is 0.391 e. The molecule has 0 bridgehead atoms. The van der Waals surface area contributed by atoms with Gasteiger partial charge in [-0.05, 0) is 17.7 Å². The van der Waals surface area contributed by atoms with E-state index in [-0.39, 0.29) is 24.8 Å². The van der Waals surface area contributed by atoms with Gasteiger partial charge in [0.25, 0.3) is 0 Å². The van der Waals surface area contributed by atoms with Crippen molar-refractivity contribution in [1.82, 2.24) is 10.2 Å². The Labute approximate surface area is 122 Å². The third-order valence-corrected chi connectivity index (χ3v) is 3.62. The highest BCUT2D eigenvalue weighted by Gasteiger charge is 2.37. The Kier molecular flexibility index (Phi) is 4.62. The molecule has 1 aromatic carbocycles. The van der Waals surface area contributed by atoms with Gasteiger partial charge in [0, 0.05) is 31.5 Å². The van der Waals surface area contributed by atoms with Crippen LogP contribution in [-0.4, -0.2) is 40.5 Å². The number of aliphatic hydroxyl groups excluding tert-OH is 1. The first-order chi connectivity index (χ1) is 9.47. The molecule has 1 saturated heterocycles. The van der Waals surface area contributed by atoms with Gasteiger partial charge in [-0.1, -0.05) is 23.7 Å². The first-order valence-corrected chi connectivity index (χ1v) is 6.82. The maximum absolute atomic E-state index is 12.1. The zero-order chi connectivity index (χ0) is 14.7. The van der Waals surface area contributed by atoms with Crippen molar-refractivity contribution in [1.29, 1.82) is 0 Å². The molecular weight excluding hydrogens is 280 g/mol. The van der Waals surface area contributed by atoms with Crippen LogP contribution in [0.3, 0.4) is 0 Å². The molecule has 108 valence electrons. The second-order valence-corrected chi connectivity index (χ2v) is 5.36. The van der Waals surface area contributed by atoms with Crippen LogP contribution < -0.4 is 5.32 Å². The van der Waals surface area contributed by atoms with Crippen molar-refractivity contribution >= 4 is 23.4 Å². The van der Waals surface area contributed by atoms with E-state index in [1.165, 1.54) is 11.8 Å². The van der Waals surface area contributed by atoms with Gasteiger partial charge in [0.2, 0.25) is 11.8 Å². The van der Waals surface area contributed by atoms with Gasteiger partial charge in [0.05, 0.1) is 6.10 Å². The number of hydrogen-bond donors (Lipinski definition) is 2. The van der Waals surface area contributed by atoms with Crippen LogP contribution >= 0.6 is 11.6 Å². The molecule has 20 heavy (non-hydrogen) atoms. The number of benzene rings is 1. The minimum Gasteiger partial charge on any atom is -0.391 e. The summed E-state index contributed by atoms with van der Waals surface area (Å²) in [5.74, 6) is -0.445. The summed E-state index contributed by atoms with van der Waals surface area (Å²) in [6, 6.07) is 6.58. The van der Waals surface area contributed by atoms with Crippen molar-refractivity contribution < 1.29 is 14.7 Å². The molecule has 0 radical (unpaired) electrons. The highest BCUT2D eigenvalue weighted by atomic mass is 35.5. The molecule has 2 N–H and O–H groups in total. The number of β-amino-alcohol motifs (C(OH)–C–C–N with tert-alkyl or cyclic N) is 1. The maximum Gasteiger partial charge on any atom is 0.243 e. The average Bonchev–Trinajstić information content (AvgIpc) is 2.80. The van der Waals surface area contributed by atoms with E-state index >= 15 is 0 Å². The monoisotopic (exact) mass is 296 g/mol. The van der Waals surface area contributed by atoms with E-state index in [4.69, 9.17) is 11.6 Å². The molecule has 0 spiro atoms. The lowest BCUT2D eigenvalue weighted by Gasteiger charge is -2.22. The maximum atomic E-state index is 12.1. The molecule has 1 aliphatic heterocycles. The summed E-state index contributed by atoms with van der Waals surface area (Å²) in [7, 11) is 0. The minimum absolute atomic E-state index is 0.201. The van der Waals surface area contributed by atoms with Crippen molar-refractivity contribution in [2.75, 3.05) is 6.54 Å². The SMILES string of the molecule is CC(=O)N1CC(O)CC1C(=O)NCc1ccc(Cl)cc1. The number of carbonyl (C=O) groups excluding carboxylic acids is 2. The van der Waals surface area contributed by atoms with E-state index in [2.05, 4.69) is 5.32 Å². The number of halogens is 1. The summed E-state index contributed by atoms with van der Waals surface area (Å²) in [6.45, 7) is 1.99. The molecule has 2 atom stereocenters. The van der Waals surface area contributed by atoms with Crippen LogP contribution in [0.2, 0.25) is 5.02 Å². The Morgan fingerprint density at radius 3 is 2.65 bits per heavy atom. The Balaban J connectivity index is 1.94. The predicted molar refractivity (Wildman–Crippen MR) is 75.1 cm³/mol. The van der Waals surface area contributed by atoms with E-state index in [1.54, 1.807) is 12.1 Å². The number of rotatable bonds is 3. The molecule has 6 heteroatoms. The molecule has 0 aliphatic carbocycles. The lowest BCUT2D eigenvalue weighted by Crippen LogP contribution is -2.44. The van der Waals surface area contributed by atoms with Gasteiger partial charge < -0.3 is 15.3 Å². The van der Waals surface area contributed by atoms with Crippen LogP contribution in [-0.2, 0) is 16.1 Å². The van der Waals surface area contributed by atoms with Gasteiger partial charge in [0.1, 0.15) is 6.04 Å². The Bertz CT molecular complexity index is 504. The van der Waals surface area contributed by atoms with Gasteiger partial charge >= 0.3 is 0 Å². The van der Waals surface area contributed by atoms with Crippen molar-refractivity contribution in [3.63, 3.8) is 0 Å². The summed E-state index contributed by atoms with van der Waals surface area (Å²) in [5, 5.41) is 13.0. The van der Waals surface area contributed by atoms with Gasteiger partial charge in [-0.2, -0.15) is 0 Å². The second-order valence-electron chi connectivity index (χ2n) is 4.92. The van der Waals surface area contributed by atoms with Crippen molar-refractivity contribution in [3.05, 3.63) is 34.9 Å². The van der Waals surface area contributed by atoms with Crippen LogP contribution in [0, 0.1) is 0 Å². The number of carbonyl (C=O) groups is 2. The fourth-order valence-corrected chi connectivity index (χ4v) is 2.45. The molecule has 2 rings (SSSR count). The molecule has 1 fully saturated rings. The first-order valence-electron chi connectivity index (χ1n) is 6.45. The third kappa shape index (κ3) is 3.49. The van der Waals surface area contributed by atoms with E-state index < -0.39 is 12.1 Å². The Morgan fingerprint density at radius 2 is 2.05 bits per heavy atom. The normalized spacial score (nSPS) is 21.9. The van der Waals surface area contributed by atoms with Crippen LogP contribution in [0.5, 0.6) is 0 Å². The highest BCUT2D eigenvalue weighted by molar-refractivity contribution is 6.30. The number of aliphatic hydroxyl groups is 1. The smallest absolute Gasteiger partial charge is 0.243 e. The lowest BCUT2D eigenvalue weighted by molar-refractivity contribution is -0.137. The van der Waals surface area contributed by atoms with Gasteiger partial charge in [-0.3, -0.25) is 9.59 Å². The van der Waals surface area contributed by atoms with Gasteiger partial charge in [-0.15, -0.1) is 0 Å². The van der Waals surface area contributed by atoms with Gasteiger partial charge in [-0.25, -0.2) is 0 Å². The number of nitrogens with zero attached hydrogens (tertiary/aromatic N) is 1. The fourth-order valence-electron chi connectivity index (χ4n) is 2.32. The van der Waals surface area contributed by atoms with E-state index in [9.17, 15) is 14.7 Å².